The molecule has 0 atom stereocenters. The van der Waals surface area contributed by atoms with Gasteiger partial charge in [0.05, 0.1) is 10.5 Å². The normalized spacial score (nSPS) is 10.2. The number of nitrogens with zero attached hydrogens (tertiary/aromatic N) is 1. The number of nitro groups is 1. The van der Waals surface area contributed by atoms with Gasteiger partial charge in [-0.25, -0.2) is 4.79 Å². The van der Waals surface area contributed by atoms with Gasteiger partial charge in [-0.2, -0.15) is 11.3 Å². The Hall–Kier alpha value is -2.41. The number of benzene rings is 1. The fraction of sp³-hybridized carbons (Fsp3) is 0.154. The molecule has 7 heteroatoms. The van der Waals surface area contributed by atoms with E-state index >= 15 is 0 Å². The van der Waals surface area contributed by atoms with Gasteiger partial charge < -0.3 is 10.4 Å². The summed E-state index contributed by atoms with van der Waals surface area (Å²) < 4.78 is 0. The van der Waals surface area contributed by atoms with E-state index in [4.69, 9.17) is 5.11 Å². The van der Waals surface area contributed by atoms with E-state index in [0.717, 1.165) is 11.1 Å². The van der Waals surface area contributed by atoms with Crippen LogP contribution in [0.25, 0.3) is 0 Å². The Morgan fingerprint density at radius 1 is 1.45 bits per heavy atom. The third-order valence-electron chi connectivity index (χ3n) is 2.87. The molecular weight excluding hydrogens is 280 g/mol. The minimum absolute atomic E-state index is 0.0140. The smallest absolute Gasteiger partial charge is 0.335 e. The van der Waals surface area contributed by atoms with Crippen LogP contribution < -0.4 is 5.32 Å². The lowest BCUT2D eigenvalue weighted by molar-refractivity contribution is -0.384. The molecule has 2 N–H and O–H groups in total. The molecule has 20 heavy (non-hydrogen) atoms. The molecule has 0 aliphatic heterocycles. The molecule has 1 heterocycles. The molecule has 0 radical (unpaired) electrons. The lowest BCUT2D eigenvalue weighted by atomic mass is 10.1. The predicted molar refractivity (Wildman–Crippen MR) is 76.4 cm³/mol. The number of aryl methyl sites for hydroxylation is 1. The average molecular weight is 292 g/mol. The second-order valence-electron chi connectivity index (χ2n) is 4.23. The number of carbonyl (C=O) groups is 1. The zero-order valence-electron chi connectivity index (χ0n) is 10.6. The first-order valence-electron chi connectivity index (χ1n) is 5.76. The van der Waals surface area contributed by atoms with Crippen LogP contribution in [-0.4, -0.2) is 16.0 Å². The zero-order valence-corrected chi connectivity index (χ0v) is 11.4. The minimum atomic E-state index is -1.12. The molecule has 0 amide bonds. The summed E-state index contributed by atoms with van der Waals surface area (Å²) in [5.41, 5.74) is 2.22. The fourth-order valence-corrected chi connectivity index (χ4v) is 2.59. The van der Waals surface area contributed by atoms with Gasteiger partial charge in [0.25, 0.3) is 5.69 Å². The first kappa shape index (κ1) is 14.0. The maximum absolute atomic E-state index is 11.0. The summed E-state index contributed by atoms with van der Waals surface area (Å²) in [5.74, 6) is -1.12. The zero-order chi connectivity index (χ0) is 14.7. The van der Waals surface area contributed by atoms with Gasteiger partial charge in [0.15, 0.2) is 0 Å². The van der Waals surface area contributed by atoms with Gasteiger partial charge in [-0.1, -0.05) is 0 Å². The van der Waals surface area contributed by atoms with Gasteiger partial charge in [0.1, 0.15) is 5.69 Å². The van der Waals surface area contributed by atoms with Crippen molar-refractivity contribution in [3.63, 3.8) is 0 Å². The highest BCUT2D eigenvalue weighted by atomic mass is 32.1. The van der Waals surface area contributed by atoms with Crippen molar-refractivity contribution < 1.29 is 14.8 Å². The van der Waals surface area contributed by atoms with E-state index < -0.39 is 10.9 Å². The van der Waals surface area contributed by atoms with Gasteiger partial charge in [-0.05, 0) is 40.9 Å². The Balaban J connectivity index is 2.28. The van der Waals surface area contributed by atoms with Crippen molar-refractivity contribution in [1.29, 1.82) is 0 Å². The molecular formula is C13H12N2O4S. The average Bonchev–Trinajstić information content (AvgIpc) is 2.81. The van der Waals surface area contributed by atoms with Crippen molar-refractivity contribution in [2.24, 2.45) is 0 Å². The van der Waals surface area contributed by atoms with Gasteiger partial charge in [0, 0.05) is 12.6 Å². The highest BCUT2D eigenvalue weighted by Gasteiger charge is 2.16. The summed E-state index contributed by atoms with van der Waals surface area (Å²) in [4.78, 5) is 21.3. The maximum Gasteiger partial charge on any atom is 0.335 e. The number of anilines is 1. The molecule has 0 aliphatic rings. The van der Waals surface area contributed by atoms with Crippen LogP contribution in [0.5, 0.6) is 0 Å². The lowest BCUT2D eigenvalue weighted by Crippen LogP contribution is -2.05. The lowest BCUT2D eigenvalue weighted by Gasteiger charge is -2.08. The highest BCUT2D eigenvalue weighted by molar-refractivity contribution is 7.08. The monoisotopic (exact) mass is 292 g/mol. The Kier molecular flexibility index (Phi) is 3.99. The maximum atomic E-state index is 11.0. The highest BCUT2D eigenvalue weighted by Crippen LogP contribution is 2.26. The molecule has 0 aliphatic carbocycles. The van der Waals surface area contributed by atoms with Crippen molar-refractivity contribution in [1.82, 2.24) is 0 Å². The van der Waals surface area contributed by atoms with Gasteiger partial charge >= 0.3 is 5.97 Å². The second kappa shape index (κ2) is 5.70. The molecule has 104 valence electrons. The van der Waals surface area contributed by atoms with Crippen LogP contribution in [-0.2, 0) is 6.54 Å². The van der Waals surface area contributed by atoms with E-state index in [9.17, 15) is 14.9 Å². The largest absolute Gasteiger partial charge is 0.478 e. The van der Waals surface area contributed by atoms with Crippen LogP contribution in [0.3, 0.4) is 0 Å². The number of nitrogens with one attached hydrogen (secondary N) is 1. The molecule has 1 aromatic carbocycles. The number of hydrogen-bond acceptors (Lipinski definition) is 5. The SMILES string of the molecule is Cc1cscc1CNc1cc(C(=O)O)ccc1[N+](=O)[O-]. The van der Waals surface area contributed by atoms with E-state index in [-0.39, 0.29) is 16.9 Å². The Morgan fingerprint density at radius 3 is 2.75 bits per heavy atom. The first-order chi connectivity index (χ1) is 9.49. The second-order valence-corrected chi connectivity index (χ2v) is 4.97. The van der Waals surface area contributed by atoms with Gasteiger partial charge in [0.2, 0.25) is 0 Å². The number of carboxylic acids is 1. The van der Waals surface area contributed by atoms with E-state index in [1.54, 1.807) is 11.3 Å². The number of aromatic carboxylic acids is 1. The third kappa shape index (κ3) is 2.94. The third-order valence-corrected chi connectivity index (χ3v) is 3.78. The summed E-state index contributed by atoms with van der Waals surface area (Å²) in [7, 11) is 0. The Labute approximate surface area is 118 Å². The number of hydrogen-bond donors (Lipinski definition) is 2. The summed E-state index contributed by atoms with van der Waals surface area (Å²) in [6, 6.07) is 3.70. The van der Waals surface area contributed by atoms with E-state index in [1.807, 2.05) is 17.7 Å². The summed E-state index contributed by atoms with van der Waals surface area (Å²) in [5, 5.41) is 26.8. The number of nitro benzene ring substituents is 1. The Morgan fingerprint density at radius 2 is 2.20 bits per heavy atom. The molecule has 0 spiro atoms. The van der Waals surface area contributed by atoms with Gasteiger partial charge in [-0.15, -0.1) is 0 Å². The number of thiophene rings is 1. The van der Waals surface area contributed by atoms with Crippen LogP contribution in [0.1, 0.15) is 21.5 Å². The van der Waals surface area contributed by atoms with Crippen LogP contribution in [0, 0.1) is 17.0 Å². The van der Waals surface area contributed by atoms with Crippen molar-refractivity contribution in [2.75, 3.05) is 5.32 Å². The predicted octanol–water partition coefficient (Wildman–Crippen LogP) is 3.28. The molecule has 0 saturated heterocycles. The molecule has 0 bridgehead atoms. The van der Waals surface area contributed by atoms with Gasteiger partial charge in [-0.3, -0.25) is 10.1 Å². The van der Waals surface area contributed by atoms with Crippen LogP contribution in [0.15, 0.2) is 29.0 Å². The summed E-state index contributed by atoms with van der Waals surface area (Å²) in [6.07, 6.45) is 0. The van der Waals surface area contributed by atoms with Crippen LogP contribution in [0.2, 0.25) is 0 Å². The standard InChI is InChI=1S/C13H12N2O4S/c1-8-6-20-7-10(8)5-14-11-4-9(13(16)17)2-3-12(11)15(18)19/h2-4,6-7,14H,5H2,1H3,(H,16,17). The number of rotatable bonds is 5. The number of carboxylic acid groups (broad SMARTS) is 1. The quantitative estimate of drug-likeness (QED) is 0.651. The van der Waals surface area contributed by atoms with Crippen molar-refractivity contribution in [3.05, 3.63) is 55.8 Å². The molecule has 2 rings (SSSR count). The van der Waals surface area contributed by atoms with Crippen LogP contribution >= 0.6 is 11.3 Å². The van der Waals surface area contributed by atoms with Crippen molar-refractivity contribution >= 4 is 28.7 Å². The van der Waals surface area contributed by atoms with E-state index in [0.29, 0.717) is 6.54 Å². The first-order valence-corrected chi connectivity index (χ1v) is 6.70. The molecule has 6 nitrogen and oxygen atoms in total. The molecule has 2 aromatic rings. The molecule has 0 saturated carbocycles. The van der Waals surface area contributed by atoms with E-state index in [1.165, 1.54) is 18.2 Å². The summed E-state index contributed by atoms with van der Waals surface area (Å²) >= 11 is 1.55. The molecule has 0 fully saturated rings. The minimum Gasteiger partial charge on any atom is -0.478 e. The topological polar surface area (TPSA) is 92.5 Å². The fourth-order valence-electron chi connectivity index (χ4n) is 1.73. The molecule has 0 unspecified atom stereocenters. The van der Waals surface area contributed by atoms with Crippen LogP contribution in [0.4, 0.5) is 11.4 Å². The Bertz CT molecular complexity index is 666. The van der Waals surface area contributed by atoms with Crippen molar-refractivity contribution in [3.8, 4) is 0 Å². The summed E-state index contributed by atoms with van der Waals surface area (Å²) in [6.45, 7) is 2.37. The molecule has 1 aromatic heterocycles. The van der Waals surface area contributed by atoms with E-state index in [2.05, 4.69) is 5.32 Å². The van der Waals surface area contributed by atoms with Crippen molar-refractivity contribution in [2.45, 2.75) is 13.5 Å².